The van der Waals surface area contributed by atoms with E-state index in [0.717, 1.165) is 5.56 Å². The first kappa shape index (κ1) is 18.2. The number of hydrogen-bond acceptors (Lipinski definition) is 4. The molecule has 3 rings (SSSR count). The summed E-state index contributed by atoms with van der Waals surface area (Å²) in [5.74, 6) is -3.42. The van der Waals surface area contributed by atoms with Crippen LogP contribution >= 0.6 is 0 Å². The second-order valence-corrected chi connectivity index (χ2v) is 7.06. The molecule has 1 amide bonds. The predicted molar refractivity (Wildman–Crippen MR) is 90.2 cm³/mol. The molecule has 2 fully saturated rings. The first-order valence-corrected chi connectivity index (χ1v) is 8.74. The minimum atomic E-state index is -2.94. The van der Waals surface area contributed by atoms with E-state index in [1.807, 2.05) is 30.3 Å². The van der Waals surface area contributed by atoms with Crippen molar-refractivity contribution in [3.05, 3.63) is 35.9 Å². The number of rotatable bonds is 4. The minimum absolute atomic E-state index is 0.114. The molecule has 1 aromatic carbocycles. The number of alkyl halides is 2. The van der Waals surface area contributed by atoms with Gasteiger partial charge in [0.05, 0.1) is 19.2 Å². The lowest BCUT2D eigenvalue weighted by Gasteiger charge is -2.25. The number of halogens is 2. The quantitative estimate of drug-likeness (QED) is 0.846. The Bertz CT molecular complexity index is 585. The van der Waals surface area contributed by atoms with E-state index in [2.05, 4.69) is 5.32 Å². The molecular weight excluding hydrogens is 328 g/mol. The van der Waals surface area contributed by atoms with Crippen LogP contribution in [0, 0.1) is 5.92 Å². The van der Waals surface area contributed by atoms with Crippen LogP contribution in [0.1, 0.15) is 12.0 Å². The number of β-amino-alcohol motifs (C(OH)–C–C–N with tert-alkyl or cyclic N) is 1. The highest BCUT2D eigenvalue weighted by atomic mass is 19.3. The highest BCUT2D eigenvalue weighted by Crippen LogP contribution is 2.23. The highest BCUT2D eigenvalue weighted by Gasteiger charge is 2.39. The Balaban J connectivity index is 1.60. The van der Waals surface area contributed by atoms with Gasteiger partial charge in [-0.15, -0.1) is 0 Å². The molecule has 2 heterocycles. The summed E-state index contributed by atoms with van der Waals surface area (Å²) in [7, 11) is 0. The molecule has 25 heavy (non-hydrogen) atoms. The fourth-order valence-electron chi connectivity index (χ4n) is 3.55. The number of benzene rings is 1. The second kappa shape index (κ2) is 7.76. The van der Waals surface area contributed by atoms with Crippen molar-refractivity contribution >= 4 is 5.91 Å². The van der Waals surface area contributed by atoms with Crippen LogP contribution in [-0.4, -0.2) is 72.1 Å². The topological polar surface area (TPSA) is 55.8 Å². The molecule has 1 aromatic rings. The molecule has 0 unspecified atom stereocenters. The second-order valence-electron chi connectivity index (χ2n) is 7.06. The van der Waals surface area contributed by atoms with Crippen molar-refractivity contribution < 1.29 is 18.7 Å². The van der Waals surface area contributed by atoms with Crippen LogP contribution in [0.15, 0.2) is 30.3 Å². The van der Waals surface area contributed by atoms with Crippen molar-refractivity contribution in [2.45, 2.75) is 25.0 Å². The van der Waals surface area contributed by atoms with Crippen LogP contribution in [0.25, 0.3) is 0 Å². The summed E-state index contributed by atoms with van der Waals surface area (Å²) in [6.45, 7) is 1.27. The van der Waals surface area contributed by atoms with Gasteiger partial charge in [0.15, 0.2) is 0 Å². The molecule has 2 atom stereocenters. The Morgan fingerprint density at radius 2 is 1.96 bits per heavy atom. The first-order chi connectivity index (χ1) is 11.9. The number of aliphatic hydroxyl groups excluding tert-OH is 1. The standard InChI is InChI=1S/C18H25F2N3O2/c19-18(20)12-22(11-14-4-2-1-3-5-14)6-7-23(13-18)17(25)8-15-9-21-10-16(15)24/h1-5,15-16,21,24H,6-13H2/t15-,16-/m1/s1. The average molecular weight is 353 g/mol. The van der Waals surface area contributed by atoms with Crippen LogP contribution in [-0.2, 0) is 11.3 Å². The summed E-state index contributed by atoms with van der Waals surface area (Å²) in [4.78, 5) is 15.4. The van der Waals surface area contributed by atoms with E-state index in [1.165, 1.54) is 4.90 Å². The van der Waals surface area contributed by atoms with Gasteiger partial charge >= 0.3 is 0 Å². The van der Waals surface area contributed by atoms with Gasteiger partial charge in [0, 0.05) is 45.1 Å². The Labute approximate surface area is 146 Å². The van der Waals surface area contributed by atoms with Gasteiger partial charge in [-0.3, -0.25) is 9.69 Å². The van der Waals surface area contributed by atoms with E-state index in [9.17, 15) is 18.7 Å². The minimum Gasteiger partial charge on any atom is -0.391 e. The SMILES string of the molecule is O=C(C[C@@H]1CNC[C@H]1O)N1CCN(Cc2ccccc2)CC(F)(F)C1. The van der Waals surface area contributed by atoms with Crippen LogP contribution in [0.3, 0.4) is 0 Å². The van der Waals surface area contributed by atoms with Crippen LogP contribution in [0.5, 0.6) is 0 Å². The van der Waals surface area contributed by atoms with Gasteiger partial charge in [0.2, 0.25) is 5.91 Å². The van der Waals surface area contributed by atoms with E-state index in [0.29, 0.717) is 26.2 Å². The molecule has 5 nitrogen and oxygen atoms in total. The molecule has 0 aliphatic carbocycles. The smallest absolute Gasteiger partial charge is 0.277 e. The van der Waals surface area contributed by atoms with Gasteiger partial charge in [0.25, 0.3) is 5.92 Å². The molecule has 0 saturated carbocycles. The van der Waals surface area contributed by atoms with Crippen LogP contribution in [0.4, 0.5) is 8.78 Å². The number of amides is 1. The summed E-state index contributed by atoms with van der Waals surface area (Å²) >= 11 is 0. The van der Waals surface area contributed by atoms with Gasteiger partial charge in [-0.05, 0) is 5.56 Å². The summed E-state index contributed by atoms with van der Waals surface area (Å²) in [5, 5.41) is 12.8. The third-order valence-corrected chi connectivity index (χ3v) is 4.91. The van der Waals surface area contributed by atoms with E-state index in [4.69, 9.17) is 0 Å². The van der Waals surface area contributed by atoms with Crippen molar-refractivity contribution in [3.8, 4) is 0 Å². The third kappa shape index (κ3) is 4.96. The number of hydrogen-bond donors (Lipinski definition) is 2. The lowest BCUT2D eigenvalue weighted by molar-refractivity contribution is -0.137. The molecule has 0 spiro atoms. The monoisotopic (exact) mass is 353 g/mol. The zero-order valence-corrected chi connectivity index (χ0v) is 14.2. The highest BCUT2D eigenvalue weighted by molar-refractivity contribution is 5.76. The van der Waals surface area contributed by atoms with Gasteiger partial charge in [-0.2, -0.15) is 0 Å². The van der Waals surface area contributed by atoms with Crippen LogP contribution in [0.2, 0.25) is 0 Å². The number of nitrogens with one attached hydrogen (secondary N) is 1. The number of carbonyl (C=O) groups is 1. The van der Waals surface area contributed by atoms with E-state index < -0.39 is 18.6 Å². The lowest BCUT2D eigenvalue weighted by Crippen LogP contribution is -2.42. The zero-order valence-electron chi connectivity index (χ0n) is 14.2. The molecule has 2 saturated heterocycles. The van der Waals surface area contributed by atoms with Crippen LogP contribution < -0.4 is 5.32 Å². The maximum Gasteiger partial charge on any atom is 0.277 e. The van der Waals surface area contributed by atoms with Crippen molar-refractivity contribution in [2.24, 2.45) is 5.92 Å². The molecule has 2 aliphatic rings. The third-order valence-electron chi connectivity index (χ3n) is 4.91. The normalized spacial score (nSPS) is 27.2. The molecule has 2 aliphatic heterocycles. The number of nitrogens with zero attached hydrogens (tertiary/aromatic N) is 2. The maximum atomic E-state index is 14.3. The van der Waals surface area contributed by atoms with Crippen molar-refractivity contribution in [1.82, 2.24) is 15.1 Å². The summed E-state index contributed by atoms with van der Waals surface area (Å²) < 4.78 is 28.6. The Morgan fingerprint density at radius 1 is 1.20 bits per heavy atom. The van der Waals surface area contributed by atoms with Crippen molar-refractivity contribution in [3.63, 3.8) is 0 Å². The first-order valence-electron chi connectivity index (χ1n) is 8.74. The molecule has 0 aromatic heterocycles. The summed E-state index contributed by atoms with van der Waals surface area (Å²) in [6, 6.07) is 9.51. The molecule has 0 radical (unpaired) electrons. The van der Waals surface area contributed by atoms with E-state index in [-0.39, 0.29) is 31.3 Å². The molecular formula is C18H25F2N3O2. The number of carbonyl (C=O) groups excluding carboxylic acids is 1. The Kier molecular flexibility index (Phi) is 5.66. The fraction of sp³-hybridized carbons (Fsp3) is 0.611. The van der Waals surface area contributed by atoms with Gasteiger partial charge in [-0.1, -0.05) is 30.3 Å². The predicted octanol–water partition coefficient (Wildman–Crippen LogP) is 0.937. The molecule has 2 N–H and O–H groups in total. The largest absolute Gasteiger partial charge is 0.391 e. The van der Waals surface area contributed by atoms with Crippen molar-refractivity contribution in [1.29, 1.82) is 0 Å². The van der Waals surface area contributed by atoms with Gasteiger partial charge < -0.3 is 15.3 Å². The van der Waals surface area contributed by atoms with Gasteiger partial charge in [0.1, 0.15) is 0 Å². The van der Waals surface area contributed by atoms with E-state index in [1.54, 1.807) is 4.90 Å². The Hall–Kier alpha value is -1.57. The molecule has 138 valence electrons. The maximum absolute atomic E-state index is 14.3. The lowest BCUT2D eigenvalue weighted by atomic mass is 10.0. The summed E-state index contributed by atoms with van der Waals surface area (Å²) in [6.07, 6.45) is -0.464. The zero-order chi connectivity index (χ0) is 17.9. The summed E-state index contributed by atoms with van der Waals surface area (Å²) in [5.41, 5.74) is 0.984. The van der Waals surface area contributed by atoms with Crippen molar-refractivity contribution in [2.75, 3.05) is 39.3 Å². The Morgan fingerprint density at radius 3 is 2.64 bits per heavy atom. The molecule has 0 bridgehead atoms. The van der Waals surface area contributed by atoms with E-state index >= 15 is 0 Å². The average Bonchev–Trinajstić information content (AvgIpc) is 2.89. The molecule has 7 heteroatoms. The van der Waals surface area contributed by atoms with Gasteiger partial charge in [-0.25, -0.2) is 8.78 Å². The number of aliphatic hydroxyl groups is 1. The fourth-order valence-corrected chi connectivity index (χ4v) is 3.55.